The molecule has 0 radical (unpaired) electrons. The van der Waals surface area contributed by atoms with Gasteiger partial charge in [0.15, 0.2) is 5.78 Å². The van der Waals surface area contributed by atoms with E-state index in [1.54, 1.807) is 7.11 Å². The molecular formula is C26H32N2O3. The summed E-state index contributed by atoms with van der Waals surface area (Å²) < 4.78 is 5.36. The molecule has 0 unspecified atom stereocenters. The fraction of sp³-hybridized carbons (Fsp3) is 0.462. The van der Waals surface area contributed by atoms with E-state index >= 15 is 0 Å². The van der Waals surface area contributed by atoms with E-state index in [2.05, 4.69) is 17.0 Å². The van der Waals surface area contributed by atoms with Crippen molar-refractivity contribution in [3.63, 3.8) is 0 Å². The van der Waals surface area contributed by atoms with Gasteiger partial charge in [0.1, 0.15) is 5.75 Å². The molecule has 0 bridgehead atoms. The summed E-state index contributed by atoms with van der Waals surface area (Å²) in [5.74, 6) is 0.487. The first-order valence-electron chi connectivity index (χ1n) is 11.4. The molecule has 0 saturated carbocycles. The molecule has 1 amide bonds. The summed E-state index contributed by atoms with van der Waals surface area (Å²) in [6.45, 7) is 4.44. The minimum absolute atomic E-state index is 0.0158. The highest BCUT2D eigenvalue weighted by atomic mass is 16.5. The van der Waals surface area contributed by atoms with Gasteiger partial charge in [0, 0.05) is 31.1 Å². The standard InChI is InChI=1S/C26H32N2O3/c1-31-24-10-4-3-9-23(24)25(29)22-8-7-17-28(19-22)26(30)21-13-11-20(12-14-21)18-27-15-5-2-6-16-27/h3-4,9-14,22H,2,5-8,15-19H2,1H3/t22-/m1/s1. The Morgan fingerprint density at radius 2 is 1.68 bits per heavy atom. The largest absolute Gasteiger partial charge is 0.496 e. The molecule has 0 spiro atoms. The van der Waals surface area contributed by atoms with Crippen LogP contribution in [-0.2, 0) is 6.54 Å². The van der Waals surface area contributed by atoms with Crippen LogP contribution < -0.4 is 4.74 Å². The van der Waals surface area contributed by atoms with E-state index in [9.17, 15) is 9.59 Å². The molecule has 0 N–H and O–H groups in total. The van der Waals surface area contributed by atoms with Crippen LogP contribution in [0.15, 0.2) is 48.5 Å². The molecule has 31 heavy (non-hydrogen) atoms. The number of amides is 1. The lowest BCUT2D eigenvalue weighted by atomic mass is 9.89. The third-order valence-corrected chi connectivity index (χ3v) is 6.51. The maximum atomic E-state index is 13.1. The van der Waals surface area contributed by atoms with Crippen LogP contribution in [0, 0.1) is 5.92 Å². The molecule has 4 rings (SSSR count). The summed E-state index contributed by atoms with van der Waals surface area (Å²) in [5.41, 5.74) is 2.56. The Balaban J connectivity index is 1.39. The average Bonchev–Trinajstić information content (AvgIpc) is 2.84. The molecule has 2 aliphatic heterocycles. The zero-order chi connectivity index (χ0) is 21.6. The maximum absolute atomic E-state index is 13.1. The van der Waals surface area contributed by atoms with Crippen molar-refractivity contribution in [1.29, 1.82) is 0 Å². The fourth-order valence-corrected chi connectivity index (χ4v) is 4.75. The van der Waals surface area contributed by atoms with Crippen molar-refractivity contribution < 1.29 is 14.3 Å². The summed E-state index contributed by atoms with van der Waals surface area (Å²) in [7, 11) is 1.58. The van der Waals surface area contributed by atoms with Gasteiger partial charge in [0.25, 0.3) is 5.91 Å². The predicted molar refractivity (Wildman–Crippen MR) is 122 cm³/mol. The number of benzene rings is 2. The molecule has 2 aromatic carbocycles. The molecule has 5 heteroatoms. The summed E-state index contributed by atoms with van der Waals surface area (Å²) in [6.07, 6.45) is 5.53. The number of carbonyl (C=O) groups is 2. The number of methoxy groups -OCH3 is 1. The van der Waals surface area contributed by atoms with Crippen molar-refractivity contribution in [2.45, 2.75) is 38.6 Å². The normalized spacial score (nSPS) is 19.8. The highest BCUT2D eigenvalue weighted by molar-refractivity contribution is 6.01. The molecule has 2 heterocycles. The minimum atomic E-state index is -0.188. The maximum Gasteiger partial charge on any atom is 0.253 e. The van der Waals surface area contributed by atoms with E-state index in [-0.39, 0.29) is 17.6 Å². The SMILES string of the molecule is COc1ccccc1C(=O)[C@@H]1CCCN(C(=O)c2ccc(CN3CCCCC3)cc2)C1. The second-order valence-corrected chi connectivity index (χ2v) is 8.69. The van der Waals surface area contributed by atoms with Crippen LogP contribution in [-0.4, -0.2) is 54.8 Å². The smallest absolute Gasteiger partial charge is 0.253 e. The quantitative estimate of drug-likeness (QED) is 0.650. The van der Waals surface area contributed by atoms with Gasteiger partial charge in [-0.05, 0) is 68.6 Å². The van der Waals surface area contributed by atoms with Gasteiger partial charge < -0.3 is 9.64 Å². The van der Waals surface area contributed by atoms with Crippen LogP contribution in [0.5, 0.6) is 5.75 Å². The van der Waals surface area contributed by atoms with E-state index in [1.165, 1.54) is 24.8 Å². The fourth-order valence-electron chi connectivity index (χ4n) is 4.75. The van der Waals surface area contributed by atoms with E-state index in [0.717, 1.165) is 32.5 Å². The molecule has 164 valence electrons. The number of Topliss-reactive ketones (excluding diaryl/α,β-unsaturated/α-hetero) is 1. The molecule has 2 aromatic rings. The highest BCUT2D eigenvalue weighted by Crippen LogP contribution is 2.27. The molecule has 2 fully saturated rings. The minimum Gasteiger partial charge on any atom is -0.496 e. The van der Waals surface area contributed by atoms with Crippen LogP contribution >= 0.6 is 0 Å². The predicted octanol–water partition coefficient (Wildman–Crippen LogP) is 4.42. The molecule has 2 saturated heterocycles. The van der Waals surface area contributed by atoms with Crippen LogP contribution in [0.1, 0.15) is 58.4 Å². The lowest BCUT2D eigenvalue weighted by molar-refractivity contribution is 0.0636. The van der Waals surface area contributed by atoms with Crippen molar-refractivity contribution in [3.8, 4) is 5.75 Å². The van der Waals surface area contributed by atoms with Crippen molar-refractivity contribution >= 4 is 11.7 Å². The second kappa shape index (κ2) is 10.1. The molecule has 1 atom stereocenters. The number of hydrogen-bond donors (Lipinski definition) is 0. The van der Waals surface area contributed by atoms with E-state index in [4.69, 9.17) is 4.74 Å². The number of para-hydroxylation sites is 1. The van der Waals surface area contributed by atoms with Gasteiger partial charge in [-0.25, -0.2) is 0 Å². The van der Waals surface area contributed by atoms with Crippen molar-refractivity contribution in [3.05, 3.63) is 65.2 Å². The number of ether oxygens (including phenoxy) is 1. The topological polar surface area (TPSA) is 49.9 Å². The zero-order valence-electron chi connectivity index (χ0n) is 18.4. The average molecular weight is 421 g/mol. The van der Waals surface area contributed by atoms with Crippen LogP contribution in [0.2, 0.25) is 0 Å². The van der Waals surface area contributed by atoms with Gasteiger partial charge in [0.2, 0.25) is 0 Å². The van der Waals surface area contributed by atoms with Crippen molar-refractivity contribution in [1.82, 2.24) is 9.80 Å². The molecule has 0 aliphatic carbocycles. The molecule has 2 aliphatic rings. The van der Waals surface area contributed by atoms with Gasteiger partial charge in [0.05, 0.1) is 12.7 Å². The Labute approximate surface area is 185 Å². The summed E-state index contributed by atoms with van der Waals surface area (Å²) in [5, 5.41) is 0. The molecular weight excluding hydrogens is 388 g/mol. The first kappa shape index (κ1) is 21.6. The number of ketones is 1. The molecule has 0 aromatic heterocycles. The van der Waals surface area contributed by atoms with Gasteiger partial charge in [-0.3, -0.25) is 14.5 Å². The number of hydrogen-bond acceptors (Lipinski definition) is 4. The molecule has 5 nitrogen and oxygen atoms in total. The van der Waals surface area contributed by atoms with Gasteiger partial charge in [-0.1, -0.05) is 30.7 Å². The lowest BCUT2D eigenvalue weighted by Gasteiger charge is -2.32. The first-order valence-corrected chi connectivity index (χ1v) is 11.4. The third-order valence-electron chi connectivity index (χ3n) is 6.51. The number of carbonyl (C=O) groups excluding carboxylic acids is 2. The van der Waals surface area contributed by atoms with Gasteiger partial charge in [-0.2, -0.15) is 0 Å². The highest BCUT2D eigenvalue weighted by Gasteiger charge is 2.30. The van der Waals surface area contributed by atoms with Crippen molar-refractivity contribution in [2.75, 3.05) is 33.3 Å². The first-order chi connectivity index (χ1) is 15.2. The Kier molecular flexibility index (Phi) is 7.03. The summed E-state index contributed by atoms with van der Waals surface area (Å²) in [6, 6.07) is 15.4. The van der Waals surface area contributed by atoms with E-state index in [1.807, 2.05) is 41.3 Å². The van der Waals surface area contributed by atoms with Crippen molar-refractivity contribution in [2.24, 2.45) is 5.92 Å². The van der Waals surface area contributed by atoms with Crippen LogP contribution in [0.3, 0.4) is 0 Å². The Bertz CT molecular complexity index is 903. The second-order valence-electron chi connectivity index (χ2n) is 8.69. The summed E-state index contributed by atoms with van der Waals surface area (Å²) in [4.78, 5) is 30.5. The lowest BCUT2D eigenvalue weighted by Crippen LogP contribution is -2.42. The zero-order valence-corrected chi connectivity index (χ0v) is 18.4. The van der Waals surface area contributed by atoms with E-state index < -0.39 is 0 Å². The monoisotopic (exact) mass is 420 g/mol. The summed E-state index contributed by atoms with van der Waals surface area (Å²) >= 11 is 0. The Morgan fingerprint density at radius 3 is 2.42 bits per heavy atom. The number of rotatable bonds is 6. The van der Waals surface area contributed by atoms with Gasteiger partial charge >= 0.3 is 0 Å². The Morgan fingerprint density at radius 1 is 0.935 bits per heavy atom. The third kappa shape index (κ3) is 5.16. The number of likely N-dealkylation sites (tertiary alicyclic amines) is 2. The number of piperidine rings is 2. The van der Waals surface area contributed by atoms with Gasteiger partial charge in [-0.15, -0.1) is 0 Å². The van der Waals surface area contributed by atoms with Crippen LogP contribution in [0.25, 0.3) is 0 Å². The van der Waals surface area contributed by atoms with E-state index in [0.29, 0.717) is 30.0 Å². The number of nitrogens with zero attached hydrogens (tertiary/aromatic N) is 2. The Hall–Kier alpha value is -2.66. The van der Waals surface area contributed by atoms with Crippen LogP contribution in [0.4, 0.5) is 0 Å².